The van der Waals surface area contributed by atoms with Gasteiger partial charge >= 0.3 is 0 Å². The molecule has 0 saturated carbocycles. The van der Waals surface area contributed by atoms with Crippen molar-refractivity contribution in [2.24, 2.45) is 0 Å². The lowest BCUT2D eigenvalue weighted by atomic mass is 10.1. The molecule has 1 heterocycles. The second-order valence-electron chi connectivity index (χ2n) is 7.25. The zero-order valence-electron chi connectivity index (χ0n) is 17.7. The summed E-state index contributed by atoms with van der Waals surface area (Å²) in [4.78, 5) is 4.09. The number of aryl methyl sites for hydroxylation is 1. The fourth-order valence-corrected chi connectivity index (χ4v) is 6.13. The van der Waals surface area contributed by atoms with E-state index in [9.17, 15) is 16.8 Å². The molecule has 0 amide bonds. The molecule has 7 nitrogen and oxygen atoms in total. The lowest BCUT2D eigenvalue weighted by Gasteiger charge is -2.19. The molecular formula is C23H26N2O5S2. The van der Waals surface area contributed by atoms with Crippen molar-refractivity contribution in [2.75, 3.05) is 19.4 Å². The second-order valence-corrected chi connectivity index (χ2v) is 11.3. The van der Waals surface area contributed by atoms with Gasteiger partial charge in [0.25, 0.3) is 0 Å². The number of aromatic nitrogens is 1. The molecule has 1 N–H and O–H groups in total. The SMILES string of the molecule is COc1ccc(S(=O)(=O)[C@@H](CNS(=O)(=O)CCCc2ccccc2)c2cccnc2)cc1. The van der Waals surface area contributed by atoms with E-state index in [1.165, 1.54) is 31.6 Å². The van der Waals surface area contributed by atoms with Crippen LogP contribution in [0.4, 0.5) is 0 Å². The molecule has 0 fully saturated rings. The van der Waals surface area contributed by atoms with Crippen LogP contribution in [0.15, 0.2) is 84.0 Å². The van der Waals surface area contributed by atoms with Crippen LogP contribution in [-0.4, -0.2) is 41.2 Å². The highest BCUT2D eigenvalue weighted by atomic mass is 32.2. The summed E-state index contributed by atoms with van der Waals surface area (Å²) >= 11 is 0. The van der Waals surface area contributed by atoms with E-state index in [2.05, 4.69) is 9.71 Å². The number of hydrogen-bond acceptors (Lipinski definition) is 6. The molecule has 0 radical (unpaired) electrons. The standard InChI is InChI=1S/C23H26N2O5S2/c1-30-21-11-13-22(14-12-21)32(28,29)23(20-10-5-15-24-17-20)18-25-31(26,27)16-6-9-19-7-3-2-4-8-19/h2-5,7-8,10-15,17,23,25H,6,9,16,18H2,1H3/t23-/m0/s1. The summed E-state index contributed by atoms with van der Waals surface area (Å²) in [6, 6.07) is 18.9. The van der Waals surface area contributed by atoms with Crippen LogP contribution in [0.3, 0.4) is 0 Å². The van der Waals surface area contributed by atoms with Gasteiger partial charge < -0.3 is 4.74 Å². The summed E-state index contributed by atoms with van der Waals surface area (Å²) in [5.74, 6) is 0.436. The van der Waals surface area contributed by atoms with Gasteiger partial charge in [-0.1, -0.05) is 36.4 Å². The average Bonchev–Trinajstić information content (AvgIpc) is 2.80. The lowest BCUT2D eigenvalue weighted by molar-refractivity contribution is 0.414. The highest BCUT2D eigenvalue weighted by Crippen LogP contribution is 2.29. The largest absolute Gasteiger partial charge is 0.497 e. The van der Waals surface area contributed by atoms with E-state index in [0.29, 0.717) is 24.2 Å². The number of nitrogens with zero attached hydrogens (tertiary/aromatic N) is 1. The maximum absolute atomic E-state index is 13.3. The number of pyridine rings is 1. The number of rotatable bonds is 11. The minimum atomic E-state index is -3.89. The summed E-state index contributed by atoms with van der Waals surface area (Å²) in [7, 11) is -6.06. The van der Waals surface area contributed by atoms with Crippen LogP contribution in [0.1, 0.15) is 22.8 Å². The Hall–Kier alpha value is -2.75. The summed E-state index contributed by atoms with van der Waals surface area (Å²) < 4.78 is 59.4. The Balaban J connectivity index is 1.74. The second kappa shape index (κ2) is 10.7. The van der Waals surface area contributed by atoms with Gasteiger partial charge in [-0.3, -0.25) is 4.98 Å². The van der Waals surface area contributed by atoms with Gasteiger partial charge in [-0.2, -0.15) is 0 Å². The maximum atomic E-state index is 13.3. The van der Waals surface area contributed by atoms with E-state index in [-0.39, 0.29) is 17.2 Å². The summed E-state index contributed by atoms with van der Waals surface area (Å²) in [6.45, 7) is -0.284. The van der Waals surface area contributed by atoms with Crippen LogP contribution in [0.5, 0.6) is 5.75 Å². The molecule has 3 rings (SSSR count). The van der Waals surface area contributed by atoms with E-state index < -0.39 is 25.1 Å². The van der Waals surface area contributed by atoms with Gasteiger partial charge in [0.15, 0.2) is 9.84 Å². The Morgan fingerprint density at radius 2 is 1.66 bits per heavy atom. The maximum Gasteiger partial charge on any atom is 0.211 e. The van der Waals surface area contributed by atoms with Crippen LogP contribution in [0.25, 0.3) is 0 Å². The van der Waals surface area contributed by atoms with Gasteiger partial charge in [-0.05, 0) is 54.3 Å². The first-order valence-electron chi connectivity index (χ1n) is 10.1. The van der Waals surface area contributed by atoms with E-state index >= 15 is 0 Å². The topological polar surface area (TPSA) is 102 Å². The Morgan fingerprint density at radius 1 is 0.938 bits per heavy atom. The first-order valence-corrected chi connectivity index (χ1v) is 13.3. The van der Waals surface area contributed by atoms with E-state index in [1.54, 1.807) is 24.3 Å². The average molecular weight is 475 g/mol. The van der Waals surface area contributed by atoms with Gasteiger partial charge in [-0.25, -0.2) is 21.6 Å². The number of methoxy groups -OCH3 is 1. The third-order valence-corrected chi connectivity index (χ3v) is 8.58. The third-order valence-electron chi connectivity index (χ3n) is 5.03. The van der Waals surface area contributed by atoms with Gasteiger partial charge in [0.1, 0.15) is 11.0 Å². The molecule has 0 spiro atoms. The Labute approximate surface area is 189 Å². The molecule has 0 bridgehead atoms. The Kier molecular flexibility index (Phi) is 8.00. The van der Waals surface area contributed by atoms with Gasteiger partial charge in [-0.15, -0.1) is 0 Å². The van der Waals surface area contributed by atoms with Crippen molar-refractivity contribution in [1.82, 2.24) is 9.71 Å². The van der Waals surface area contributed by atoms with Crippen molar-refractivity contribution in [1.29, 1.82) is 0 Å². The summed E-state index contributed by atoms with van der Waals surface area (Å²) in [5.41, 5.74) is 1.47. The Morgan fingerprint density at radius 3 is 2.28 bits per heavy atom. The molecule has 2 aromatic carbocycles. The Bertz CT molecular complexity index is 1200. The molecule has 0 aliphatic carbocycles. The van der Waals surface area contributed by atoms with Crippen molar-refractivity contribution in [3.63, 3.8) is 0 Å². The number of benzene rings is 2. The normalized spacial score (nSPS) is 12.9. The lowest BCUT2D eigenvalue weighted by Crippen LogP contribution is -2.33. The molecule has 32 heavy (non-hydrogen) atoms. The van der Waals surface area contributed by atoms with Crippen molar-refractivity contribution >= 4 is 19.9 Å². The van der Waals surface area contributed by atoms with E-state index in [4.69, 9.17) is 4.74 Å². The monoisotopic (exact) mass is 474 g/mol. The predicted molar refractivity (Wildman–Crippen MR) is 124 cm³/mol. The zero-order valence-corrected chi connectivity index (χ0v) is 19.3. The first kappa shape index (κ1) is 23.9. The molecule has 1 atom stereocenters. The number of nitrogens with one attached hydrogen (secondary N) is 1. The molecule has 3 aromatic rings. The zero-order chi connectivity index (χ0) is 23.0. The van der Waals surface area contributed by atoms with Crippen molar-refractivity contribution in [3.8, 4) is 5.75 Å². The van der Waals surface area contributed by atoms with Gasteiger partial charge in [0.05, 0.1) is 17.8 Å². The van der Waals surface area contributed by atoms with Crippen LogP contribution >= 0.6 is 0 Å². The quantitative estimate of drug-likeness (QED) is 0.458. The molecule has 0 aliphatic rings. The number of ether oxygens (including phenoxy) is 1. The van der Waals surface area contributed by atoms with Crippen LogP contribution in [0, 0.1) is 0 Å². The van der Waals surface area contributed by atoms with E-state index in [1.807, 2.05) is 30.3 Å². The van der Waals surface area contributed by atoms with Crippen molar-refractivity contribution in [2.45, 2.75) is 23.0 Å². The highest BCUT2D eigenvalue weighted by Gasteiger charge is 2.30. The number of sulfone groups is 1. The fraction of sp³-hybridized carbons (Fsp3) is 0.261. The predicted octanol–water partition coefficient (Wildman–Crippen LogP) is 3.16. The number of sulfonamides is 1. The van der Waals surface area contributed by atoms with Crippen molar-refractivity contribution < 1.29 is 21.6 Å². The summed E-state index contributed by atoms with van der Waals surface area (Å²) in [6.07, 6.45) is 4.03. The molecule has 9 heteroatoms. The molecule has 0 unspecified atom stereocenters. The van der Waals surface area contributed by atoms with Crippen LogP contribution < -0.4 is 9.46 Å². The molecular weight excluding hydrogens is 448 g/mol. The van der Waals surface area contributed by atoms with Crippen molar-refractivity contribution in [3.05, 3.63) is 90.3 Å². The van der Waals surface area contributed by atoms with Gasteiger partial charge in [0, 0.05) is 18.9 Å². The molecule has 1 aromatic heterocycles. The van der Waals surface area contributed by atoms with Crippen LogP contribution in [-0.2, 0) is 26.3 Å². The first-order chi connectivity index (χ1) is 15.3. The minimum Gasteiger partial charge on any atom is -0.497 e. The van der Waals surface area contributed by atoms with Gasteiger partial charge in [0.2, 0.25) is 10.0 Å². The summed E-state index contributed by atoms with van der Waals surface area (Å²) in [5, 5.41) is -1.12. The third kappa shape index (κ3) is 6.38. The van der Waals surface area contributed by atoms with E-state index in [0.717, 1.165) is 5.56 Å². The van der Waals surface area contributed by atoms with Crippen LogP contribution in [0.2, 0.25) is 0 Å². The molecule has 0 saturated heterocycles. The molecule has 170 valence electrons. The molecule has 0 aliphatic heterocycles. The number of hydrogen-bond donors (Lipinski definition) is 1. The fourth-order valence-electron chi connectivity index (χ4n) is 3.29. The smallest absolute Gasteiger partial charge is 0.211 e. The minimum absolute atomic E-state index is 0.0791. The highest BCUT2D eigenvalue weighted by molar-refractivity contribution is 7.92.